The molecule has 5 aromatic rings. The Hall–Kier alpha value is -4.10. The smallest absolute Gasteiger partial charge is 0.135 e. The van der Waals surface area contributed by atoms with Gasteiger partial charge in [-0.3, -0.25) is 0 Å². The molecule has 0 aliphatic heterocycles. The number of allylic oxidation sites excluding steroid dienone is 2. The molecule has 5 rings (SSSR count). The maximum Gasteiger partial charge on any atom is 0.135 e. The molecule has 0 N–H and O–H groups in total. The molecule has 0 spiro atoms. The van der Waals surface area contributed by atoms with E-state index in [9.17, 15) is 10.5 Å². The lowest BCUT2D eigenvalue weighted by Crippen LogP contribution is -1.83. The molecule has 4 nitrogen and oxygen atoms in total. The molecule has 0 unspecified atom stereocenters. The fourth-order valence-corrected chi connectivity index (χ4v) is 5.19. The summed E-state index contributed by atoms with van der Waals surface area (Å²) in [6, 6.07) is 28.0. The number of nitrogens with zero attached hydrogens (tertiary/aromatic N) is 4. The van der Waals surface area contributed by atoms with Crippen LogP contribution in [0.3, 0.4) is 0 Å². The molecule has 6 heteroatoms. The lowest BCUT2D eigenvalue weighted by Gasteiger charge is -2.00. The molecule has 0 bridgehead atoms. The lowest BCUT2D eigenvalue weighted by atomic mass is 10.1. The van der Waals surface area contributed by atoms with Gasteiger partial charge < -0.3 is 0 Å². The van der Waals surface area contributed by atoms with Crippen LogP contribution >= 0.6 is 22.7 Å². The number of para-hydroxylation sites is 2. The molecule has 0 aliphatic carbocycles. The first kappa shape index (κ1) is 19.8. The summed E-state index contributed by atoms with van der Waals surface area (Å²) < 4.78 is 2.10. The lowest BCUT2D eigenvalue weighted by molar-refractivity contribution is 1.43. The van der Waals surface area contributed by atoms with E-state index in [0.29, 0.717) is 21.2 Å². The van der Waals surface area contributed by atoms with Gasteiger partial charge in [0.25, 0.3) is 0 Å². The van der Waals surface area contributed by atoms with E-state index in [-0.39, 0.29) is 0 Å². The van der Waals surface area contributed by atoms with Crippen LogP contribution in [0.2, 0.25) is 0 Å². The van der Waals surface area contributed by atoms with Gasteiger partial charge in [-0.25, -0.2) is 9.97 Å². The summed E-state index contributed by atoms with van der Waals surface area (Å²) >= 11 is 3.01. The number of rotatable bonds is 4. The van der Waals surface area contributed by atoms with E-state index < -0.39 is 0 Å². The summed E-state index contributed by atoms with van der Waals surface area (Å²) in [7, 11) is 0. The Kier molecular flexibility index (Phi) is 5.31. The predicted molar refractivity (Wildman–Crippen MR) is 133 cm³/mol. The molecule has 0 radical (unpaired) electrons. The van der Waals surface area contributed by atoms with Crippen molar-refractivity contribution in [3.63, 3.8) is 0 Å². The quantitative estimate of drug-likeness (QED) is 0.278. The average Bonchev–Trinajstić information content (AvgIpc) is 3.45. The third-order valence-corrected chi connectivity index (χ3v) is 6.96. The van der Waals surface area contributed by atoms with Crippen molar-refractivity contribution in [3.8, 4) is 12.1 Å². The van der Waals surface area contributed by atoms with Gasteiger partial charge in [-0.05, 0) is 53.6 Å². The fourth-order valence-electron chi connectivity index (χ4n) is 3.33. The maximum absolute atomic E-state index is 9.72. The topological polar surface area (TPSA) is 73.4 Å². The summed E-state index contributed by atoms with van der Waals surface area (Å²) in [5, 5.41) is 20.8. The van der Waals surface area contributed by atoms with Crippen LogP contribution < -0.4 is 0 Å². The van der Waals surface area contributed by atoms with E-state index in [0.717, 1.165) is 31.6 Å². The Morgan fingerprint density at radius 1 is 0.656 bits per heavy atom. The minimum absolute atomic E-state index is 0.513. The van der Waals surface area contributed by atoms with Crippen molar-refractivity contribution < 1.29 is 0 Å². The Balaban J connectivity index is 1.50. The monoisotopic (exact) mass is 446 g/mol. The van der Waals surface area contributed by atoms with Crippen LogP contribution in [-0.4, -0.2) is 9.97 Å². The van der Waals surface area contributed by atoms with Crippen LogP contribution in [0.5, 0.6) is 0 Å². The average molecular weight is 447 g/mol. The van der Waals surface area contributed by atoms with Crippen molar-refractivity contribution in [2.24, 2.45) is 0 Å². The SMILES string of the molecule is N#CC(=Cc1cccc(C=C(C#N)c2nc3ccccc3s2)c1)c1nc2ccccc2s1. The normalized spacial score (nSPS) is 12.1. The van der Waals surface area contributed by atoms with Crippen molar-refractivity contribution in [2.75, 3.05) is 0 Å². The number of nitriles is 2. The highest BCUT2D eigenvalue weighted by atomic mass is 32.1. The standard InChI is InChI=1S/C26H14N4S2/c27-15-19(25-29-21-8-1-3-10-23(21)31-25)13-17-6-5-7-18(12-17)14-20(16-28)26-30-22-9-2-4-11-24(22)32-26/h1-14H. The number of thiazole rings is 2. The third kappa shape index (κ3) is 3.93. The van der Waals surface area contributed by atoms with Crippen molar-refractivity contribution >= 4 is 66.4 Å². The van der Waals surface area contributed by atoms with Gasteiger partial charge in [-0.15, -0.1) is 22.7 Å². The number of fused-ring (bicyclic) bond motifs is 2. The summed E-state index contributed by atoms with van der Waals surface area (Å²) in [5.41, 5.74) is 4.55. The number of benzene rings is 3. The Morgan fingerprint density at radius 2 is 1.12 bits per heavy atom. The summed E-state index contributed by atoms with van der Waals surface area (Å²) in [6.07, 6.45) is 3.66. The van der Waals surface area contributed by atoms with Crippen molar-refractivity contribution in [3.05, 3.63) is 93.9 Å². The molecule has 0 amide bonds. The first-order chi connectivity index (χ1) is 15.7. The zero-order valence-electron chi connectivity index (χ0n) is 16.7. The Morgan fingerprint density at radius 3 is 1.56 bits per heavy atom. The van der Waals surface area contributed by atoms with Gasteiger partial charge in [0, 0.05) is 0 Å². The molecule has 0 fully saturated rings. The van der Waals surface area contributed by atoms with Gasteiger partial charge in [0.15, 0.2) is 0 Å². The molecule has 2 aromatic heterocycles. The molecule has 32 heavy (non-hydrogen) atoms. The van der Waals surface area contributed by atoms with Gasteiger partial charge in [-0.2, -0.15) is 10.5 Å². The van der Waals surface area contributed by atoms with E-state index in [1.165, 1.54) is 22.7 Å². The molecular weight excluding hydrogens is 432 g/mol. The second-order valence-electron chi connectivity index (χ2n) is 6.98. The van der Waals surface area contributed by atoms with Crippen LogP contribution in [0.15, 0.2) is 72.8 Å². The first-order valence-corrected chi connectivity index (χ1v) is 11.4. The molecule has 0 aliphatic rings. The van der Waals surface area contributed by atoms with Gasteiger partial charge in [0.1, 0.15) is 22.2 Å². The maximum atomic E-state index is 9.72. The third-order valence-electron chi connectivity index (χ3n) is 4.82. The highest BCUT2D eigenvalue weighted by Crippen LogP contribution is 2.30. The van der Waals surface area contributed by atoms with Crippen LogP contribution in [0.1, 0.15) is 21.1 Å². The zero-order chi connectivity index (χ0) is 21.9. The molecular formula is C26H14N4S2. The van der Waals surface area contributed by atoms with Gasteiger partial charge >= 0.3 is 0 Å². The van der Waals surface area contributed by atoms with E-state index >= 15 is 0 Å². The van der Waals surface area contributed by atoms with E-state index in [4.69, 9.17) is 0 Å². The summed E-state index contributed by atoms with van der Waals surface area (Å²) in [4.78, 5) is 9.18. The summed E-state index contributed by atoms with van der Waals surface area (Å²) in [5.74, 6) is 0. The number of hydrogen-bond acceptors (Lipinski definition) is 6. The second-order valence-corrected chi connectivity index (χ2v) is 9.04. The molecule has 3 aromatic carbocycles. The number of aromatic nitrogens is 2. The second kappa shape index (κ2) is 8.56. The van der Waals surface area contributed by atoms with E-state index in [1.54, 1.807) is 0 Å². The minimum atomic E-state index is 0.513. The number of hydrogen-bond donors (Lipinski definition) is 0. The van der Waals surface area contributed by atoms with Crippen LogP contribution in [0, 0.1) is 22.7 Å². The zero-order valence-corrected chi connectivity index (χ0v) is 18.3. The molecule has 0 saturated carbocycles. The molecule has 0 atom stereocenters. The van der Waals surface area contributed by atoms with Crippen molar-refractivity contribution in [1.82, 2.24) is 9.97 Å². The van der Waals surface area contributed by atoms with Crippen molar-refractivity contribution in [2.45, 2.75) is 0 Å². The Bertz CT molecular complexity index is 1420. The minimum Gasteiger partial charge on any atom is -0.235 e. The van der Waals surface area contributed by atoms with E-state index in [2.05, 4.69) is 22.1 Å². The predicted octanol–water partition coefficient (Wildman–Crippen LogP) is 7.03. The van der Waals surface area contributed by atoms with Crippen LogP contribution in [0.25, 0.3) is 43.7 Å². The fraction of sp³-hybridized carbons (Fsp3) is 0. The van der Waals surface area contributed by atoms with Crippen LogP contribution in [0.4, 0.5) is 0 Å². The molecule has 2 heterocycles. The largest absolute Gasteiger partial charge is 0.235 e. The van der Waals surface area contributed by atoms with Gasteiger partial charge in [0.05, 0.1) is 31.6 Å². The highest BCUT2D eigenvalue weighted by Gasteiger charge is 2.10. The highest BCUT2D eigenvalue weighted by molar-refractivity contribution is 7.20. The molecule has 150 valence electrons. The van der Waals surface area contributed by atoms with Gasteiger partial charge in [0.2, 0.25) is 0 Å². The van der Waals surface area contributed by atoms with E-state index in [1.807, 2.05) is 84.9 Å². The first-order valence-electron chi connectivity index (χ1n) is 9.79. The van der Waals surface area contributed by atoms with Crippen LogP contribution in [-0.2, 0) is 0 Å². The Labute approximate surface area is 192 Å². The summed E-state index contributed by atoms with van der Waals surface area (Å²) in [6.45, 7) is 0. The molecule has 0 saturated heterocycles. The van der Waals surface area contributed by atoms with Gasteiger partial charge in [-0.1, -0.05) is 42.5 Å². The van der Waals surface area contributed by atoms with Crippen molar-refractivity contribution in [1.29, 1.82) is 10.5 Å².